The lowest BCUT2D eigenvalue weighted by Gasteiger charge is -2.11. The van der Waals surface area contributed by atoms with Crippen LogP contribution < -0.4 is 0 Å². The Labute approximate surface area is 189 Å². The smallest absolute Gasteiger partial charge is 0.000466 e. The first-order valence-electron chi connectivity index (χ1n) is 11.2. The summed E-state index contributed by atoms with van der Waals surface area (Å²) < 4.78 is 0. The molecule has 5 aromatic rings. The minimum absolute atomic E-state index is 1.02. The summed E-state index contributed by atoms with van der Waals surface area (Å²) in [5, 5.41) is 0. The van der Waals surface area contributed by atoms with Gasteiger partial charge in [-0.25, -0.2) is 0 Å². The minimum Gasteiger partial charge on any atom is -0.0622 e. The van der Waals surface area contributed by atoms with Gasteiger partial charge in [0.1, 0.15) is 0 Å². The van der Waals surface area contributed by atoms with Gasteiger partial charge in [-0.2, -0.15) is 0 Å². The second kappa shape index (κ2) is 7.66. The van der Waals surface area contributed by atoms with Gasteiger partial charge in [-0.3, -0.25) is 0 Å². The molecular formula is C32H24. The number of hydrogen-bond donors (Lipinski definition) is 0. The number of rotatable bonds is 3. The van der Waals surface area contributed by atoms with E-state index in [0.717, 1.165) is 6.42 Å². The largest absolute Gasteiger partial charge is 0.0622 e. The van der Waals surface area contributed by atoms with Gasteiger partial charge in [-0.1, -0.05) is 109 Å². The van der Waals surface area contributed by atoms with Crippen molar-refractivity contribution in [2.24, 2.45) is 0 Å². The Morgan fingerprint density at radius 3 is 1.72 bits per heavy atom. The quantitative estimate of drug-likeness (QED) is 0.275. The fraction of sp³-hybridized carbons (Fsp3) is 0.0625. The van der Waals surface area contributed by atoms with E-state index in [0.29, 0.717) is 0 Å². The second-order valence-corrected chi connectivity index (χ2v) is 8.63. The summed E-state index contributed by atoms with van der Waals surface area (Å²) >= 11 is 0. The summed E-state index contributed by atoms with van der Waals surface area (Å²) in [4.78, 5) is 0. The van der Waals surface area contributed by atoms with E-state index in [9.17, 15) is 0 Å². The molecule has 32 heavy (non-hydrogen) atoms. The zero-order valence-corrected chi connectivity index (χ0v) is 18.2. The standard InChI is InChI=1S/C32H24/c1-22-8-5-14-29-30-15-7-13-28(32(30)21-31(22)29)27-12-6-11-26(20-27)25-18-16-24(17-19-25)23-9-3-2-4-10-23/h2-20H,21H2,1H3. The molecule has 0 aromatic heterocycles. The highest BCUT2D eigenvalue weighted by Gasteiger charge is 2.22. The van der Waals surface area contributed by atoms with Gasteiger partial charge in [0.05, 0.1) is 0 Å². The summed E-state index contributed by atoms with van der Waals surface area (Å²) in [6.45, 7) is 2.23. The Hall–Kier alpha value is -3.90. The summed E-state index contributed by atoms with van der Waals surface area (Å²) in [6, 6.07) is 41.8. The molecule has 6 rings (SSSR count). The number of fused-ring (bicyclic) bond motifs is 3. The molecule has 0 aliphatic heterocycles. The molecule has 0 unspecified atom stereocenters. The molecule has 0 heteroatoms. The topological polar surface area (TPSA) is 0 Å². The molecule has 0 heterocycles. The Bertz CT molecular complexity index is 1420. The van der Waals surface area contributed by atoms with Gasteiger partial charge in [0, 0.05) is 0 Å². The summed E-state index contributed by atoms with van der Waals surface area (Å²) in [5.74, 6) is 0. The van der Waals surface area contributed by atoms with E-state index in [1.807, 2.05) is 0 Å². The first-order valence-corrected chi connectivity index (χ1v) is 11.2. The van der Waals surface area contributed by atoms with Crippen LogP contribution in [-0.4, -0.2) is 0 Å². The Kier molecular flexibility index (Phi) is 4.51. The van der Waals surface area contributed by atoms with Crippen molar-refractivity contribution in [3.8, 4) is 44.5 Å². The van der Waals surface area contributed by atoms with Crippen molar-refractivity contribution in [3.05, 3.63) is 132 Å². The first-order chi connectivity index (χ1) is 15.8. The molecule has 1 aliphatic carbocycles. The molecule has 5 aromatic carbocycles. The number of aryl methyl sites for hydroxylation is 1. The van der Waals surface area contributed by atoms with Crippen molar-refractivity contribution >= 4 is 0 Å². The van der Waals surface area contributed by atoms with Crippen molar-refractivity contribution in [1.82, 2.24) is 0 Å². The van der Waals surface area contributed by atoms with Crippen LogP contribution in [0, 0.1) is 6.92 Å². The predicted octanol–water partition coefficient (Wildman–Crippen LogP) is 8.57. The average Bonchev–Trinajstić information content (AvgIpc) is 3.25. The maximum Gasteiger partial charge on any atom is -0.000466 e. The fourth-order valence-corrected chi connectivity index (χ4v) is 5.02. The monoisotopic (exact) mass is 408 g/mol. The zero-order valence-electron chi connectivity index (χ0n) is 18.2. The van der Waals surface area contributed by atoms with Crippen molar-refractivity contribution < 1.29 is 0 Å². The second-order valence-electron chi connectivity index (χ2n) is 8.63. The average molecular weight is 409 g/mol. The van der Waals surface area contributed by atoms with Crippen LogP contribution in [0.4, 0.5) is 0 Å². The molecule has 0 saturated carbocycles. The Balaban J connectivity index is 1.38. The van der Waals surface area contributed by atoms with Gasteiger partial charge < -0.3 is 0 Å². The van der Waals surface area contributed by atoms with Gasteiger partial charge in [0.2, 0.25) is 0 Å². The van der Waals surface area contributed by atoms with Gasteiger partial charge >= 0.3 is 0 Å². The van der Waals surface area contributed by atoms with E-state index < -0.39 is 0 Å². The van der Waals surface area contributed by atoms with Crippen molar-refractivity contribution in [2.45, 2.75) is 13.3 Å². The normalized spacial score (nSPS) is 11.8. The lowest BCUT2D eigenvalue weighted by molar-refractivity contribution is 1.22. The molecule has 0 spiro atoms. The molecule has 0 radical (unpaired) electrons. The van der Waals surface area contributed by atoms with Crippen LogP contribution in [0.3, 0.4) is 0 Å². The maximum atomic E-state index is 2.34. The van der Waals surface area contributed by atoms with Crippen LogP contribution in [0.25, 0.3) is 44.5 Å². The van der Waals surface area contributed by atoms with Crippen molar-refractivity contribution in [2.75, 3.05) is 0 Å². The van der Waals surface area contributed by atoms with Crippen molar-refractivity contribution in [3.63, 3.8) is 0 Å². The number of hydrogen-bond acceptors (Lipinski definition) is 0. The molecule has 0 nitrogen and oxygen atoms in total. The van der Waals surface area contributed by atoms with E-state index in [2.05, 4.69) is 122 Å². The third kappa shape index (κ3) is 3.16. The summed E-state index contributed by atoms with van der Waals surface area (Å²) in [6.07, 6.45) is 1.02. The third-order valence-electron chi connectivity index (χ3n) is 6.73. The summed E-state index contributed by atoms with van der Waals surface area (Å²) in [7, 11) is 0. The molecule has 0 fully saturated rings. The highest BCUT2D eigenvalue weighted by molar-refractivity contribution is 5.86. The third-order valence-corrected chi connectivity index (χ3v) is 6.73. The maximum absolute atomic E-state index is 2.34. The van der Waals surface area contributed by atoms with E-state index in [1.165, 1.54) is 61.2 Å². The van der Waals surface area contributed by atoms with Crippen LogP contribution >= 0.6 is 0 Å². The highest BCUT2D eigenvalue weighted by atomic mass is 14.3. The van der Waals surface area contributed by atoms with Gasteiger partial charge in [0.15, 0.2) is 0 Å². The molecule has 0 amide bonds. The summed E-state index contributed by atoms with van der Waals surface area (Å²) in [5.41, 5.74) is 14.7. The van der Waals surface area contributed by atoms with E-state index >= 15 is 0 Å². The molecule has 0 atom stereocenters. The van der Waals surface area contributed by atoms with E-state index in [-0.39, 0.29) is 0 Å². The molecule has 0 bridgehead atoms. The lowest BCUT2D eigenvalue weighted by Crippen LogP contribution is -1.89. The Morgan fingerprint density at radius 2 is 0.938 bits per heavy atom. The Morgan fingerprint density at radius 1 is 0.406 bits per heavy atom. The SMILES string of the molecule is Cc1cccc2c1Cc1c(-c3cccc(-c4ccc(-c5ccccc5)cc4)c3)cccc1-2. The number of benzene rings is 5. The van der Waals surface area contributed by atoms with E-state index in [1.54, 1.807) is 0 Å². The van der Waals surface area contributed by atoms with Crippen LogP contribution in [0.1, 0.15) is 16.7 Å². The van der Waals surface area contributed by atoms with Gasteiger partial charge in [-0.15, -0.1) is 0 Å². The molecule has 0 saturated heterocycles. The van der Waals surface area contributed by atoms with Crippen LogP contribution in [0.5, 0.6) is 0 Å². The van der Waals surface area contributed by atoms with Gasteiger partial charge in [-0.05, 0) is 80.6 Å². The lowest BCUT2D eigenvalue weighted by atomic mass is 9.93. The van der Waals surface area contributed by atoms with E-state index in [4.69, 9.17) is 0 Å². The minimum atomic E-state index is 1.02. The zero-order chi connectivity index (χ0) is 21.5. The van der Waals surface area contributed by atoms with Gasteiger partial charge in [0.25, 0.3) is 0 Å². The fourth-order valence-electron chi connectivity index (χ4n) is 5.02. The van der Waals surface area contributed by atoms with Crippen LogP contribution in [0.15, 0.2) is 115 Å². The van der Waals surface area contributed by atoms with Crippen molar-refractivity contribution in [1.29, 1.82) is 0 Å². The van der Waals surface area contributed by atoms with Crippen LogP contribution in [0.2, 0.25) is 0 Å². The molecule has 152 valence electrons. The molecule has 1 aliphatic rings. The molecule has 0 N–H and O–H groups in total. The predicted molar refractivity (Wildman–Crippen MR) is 136 cm³/mol. The first kappa shape index (κ1) is 18.8. The highest BCUT2D eigenvalue weighted by Crippen LogP contribution is 2.43. The van der Waals surface area contributed by atoms with Crippen LogP contribution in [-0.2, 0) is 6.42 Å². The molecular weight excluding hydrogens is 384 g/mol.